The molecule has 0 spiro atoms. The second-order valence-electron chi connectivity index (χ2n) is 6.39. The molecule has 1 heterocycles. The molecular formula is C20H32O2. The Balaban J connectivity index is 1.78. The minimum absolute atomic E-state index is 0.330. The van der Waals surface area contributed by atoms with Crippen molar-refractivity contribution < 1.29 is 9.47 Å². The molecule has 1 aromatic carbocycles. The molecule has 0 amide bonds. The van der Waals surface area contributed by atoms with Crippen molar-refractivity contribution >= 4 is 0 Å². The molecule has 22 heavy (non-hydrogen) atoms. The first kappa shape index (κ1) is 17.3. The summed E-state index contributed by atoms with van der Waals surface area (Å²) in [6, 6.07) is 6.49. The number of unbranched alkanes of at least 4 members (excludes halogenated alkanes) is 6. The molecule has 0 radical (unpaired) electrons. The smallest absolute Gasteiger partial charge is 0.122 e. The fraction of sp³-hybridized carbons (Fsp3) is 0.700. The maximum Gasteiger partial charge on any atom is 0.122 e. The minimum Gasteiger partial charge on any atom is -0.490 e. The number of ether oxygens (including phenoxy) is 2. The summed E-state index contributed by atoms with van der Waals surface area (Å²) in [6.45, 7) is 6.07. The standard InChI is InChI=1S/C20H32O2/c1-3-5-6-7-8-9-10-13-19-17(4-2)12-11-14-20(19)22-16-18-15-21-18/h11-12,14,18H,3-10,13,15-16H2,1-2H3. The highest BCUT2D eigenvalue weighted by Crippen LogP contribution is 2.26. The third-order valence-corrected chi connectivity index (χ3v) is 4.47. The molecule has 1 atom stereocenters. The van der Waals surface area contributed by atoms with Gasteiger partial charge < -0.3 is 9.47 Å². The van der Waals surface area contributed by atoms with Gasteiger partial charge in [0.25, 0.3) is 0 Å². The lowest BCUT2D eigenvalue weighted by molar-refractivity contribution is 0.260. The largest absolute Gasteiger partial charge is 0.490 e. The van der Waals surface area contributed by atoms with Crippen LogP contribution in [0.25, 0.3) is 0 Å². The molecule has 1 aromatic rings. The average Bonchev–Trinajstić information content (AvgIpc) is 3.36. The highest BCUT2D eigenvalue weighted by molar-refractivity contribution is 5.40. The van der Waals surface area contributed by atoms with Gasteiger partial charge in [0.1, 0.15) is 18.5 Å². The highest BCUT2D eigenvalue weighted by Gasteiger charge is 2.23. The normalized spacial score (nSPS) is 16.7. The molecule has 1 saturated heterocycles. The number of epoxide rings is 1. The molecule has 1 unspecified atom stereocenters. The molecule has 0 aromatic heterocycles. The van der Waals surface area contributed by atoms with Crippen molar-refractivity contribution in [2.24, 2.45) is 0 Å². The van der Waals surface area contributed by atoms with Gasteiger partial charge in [-0.05, 0) is 36.5 Å². The Labute approximate surface area is 136 Å². The van der Waals surface area contributed by atoms with E-state index in [2.05, 4.69) is 32.0 Å². The number of rotatable bonds is 12. The van der Waals surface area contributed by atoms with Crippen molar-refractivity contribution in [2.45, 2.75) is 77.7 Å². The predicted molar refractivity (Wildman–Crippen MR) is 92.8 cm³/mol. The Bertz CT molecular complexity index is 424. The molecule has 1 aliphatic heterocycles. The second-order valence-corrected chi connectivity index (χ2v) is 6.39. The first-order valence-corrected chi connectivity index (χ1v) is 9.20. The van der Waals surface area contributed by atoms with Gasteiger partial charge in [0, 0.05) is 0 Å². The van der Waals surface area contributed by atoms with E-state index >= 15 is 0 Å². The first-order chi connectivity index (χ1) is 10.8. The van der Waals surface area contributed by atoms with Crippen molar-refractivity contribution in [1.29, 1.82) is 0 Å². The van der Waals surface area contributed by atoms with Crippen LogP contribution in [0.3, 0.4) is 0 Å². The zero-order valence-corrected chi connectivity index (χ0v) is 14.4. The summed E-state index contributed by atoms with van der Waals surface area (Å²) in [5, 5.41) is 0. The van der Waals surface area contributed by atoms with Crippen LogP contribution in [-0.2, 0) is 17.6 Å². The average molecular weight is 304 g/mol. The summed E-state index contributed by atoms with van der Waals surface area (Å²) in [7, 11) is 0. The van der Waals surface area contributed by atoms with Gasteiger partial charge in [0.05, 0.1) is 6.61 Å². The fourth-order valence-corrected chi connectivity index (χ4v) is 2.97. The molecule has 124 valence electrons. The van der Waals surface area contributed by atoms with Crippen LogP contribution in [0.4, 0.5) is 0 Å². The zero-order valence-electron chi connectivity index (χ0n) is 14.4. The maximum absolute atomic E-state index is 5.99. The summed E-state index contributed by atoms with van der Waals surface area (Å²) in [4.78, 5) is 0. The molecule has 2 heteroatoms. The molecule has 2 nitrogen and oxygen atoms in total. The summed E-state index contributed by atoms with van der Waals surface area (Å²) in [6.07, 6.45) is 12.1. The van der Waals surface area contributed by atoms with Gasteiger partial charge in [-0.1, -0.05) is 64.5 Å². The van der Waals surface area contributed by atoms with Crippen LogP contribution < -0.4 is 4.74 Å². The van der Waals surface area contributed by atoms with Crippen LogP contribution in [-0.4, -0.2) is 19.3 Å². The van der Waals surface area contributed by atoms with Gasteiger partial charge in [0.2, 0.25) is 0 Å². The first-order valence-electron chi connectivity index (χ1n) is 9.20. The lowest BCUT2D eigenvalue weighted by Crippen LogP contribution is -2.07. The van der Waals surface area contributed by atoms with E-state index in [9.17, 15) is 0 Å². The van der Waals surface area contributed by atoms with Gasteiger partial charge in [-0.3, -0.25) is 0 Å². The predicted octanol–water partition coefficient (Wildman–Crippen LogP) is 5.32. The molecule has 0 aliphatic carbocycles. The van der Waals surface area contributed by atoms with Crippen LogP contribution in [0.5, 0.6) is 5.75 Å². The Morgan fingerprint density at radius 3 is 2.45 bits per heavy atom. The molecule has 0 N–H and O–H groups in total. The summed E-state index contributed by atoms with van der Waals surface area (Å²) < 4.78 is 11.2. The highest BCUT2D eigenvalue weighted by atomic mass is 16.6. The zero-order chi connectivity index (χ0) is 15.6. The topological polar surface area (TPSA) is 21.8 Å². The third kappa shape index (κ3) is 6.00. The molecule has 0 bridgehead atoms. The number of benzene rings is 1. The molecular weight excluding hydrogens is 272 g/mol. The molecule has 2 rings (SSSR count). The number of hydrogen-bond donors (Lipinski definition) is 0. The Morgan fingerprint density at radius 1 is 1.05 bits per heavy atom. The van der Waals surface area contributed by atoms with E-state index < -0.39 is 0 Å². The van der Waals surface area contributed by atoms with Gasteiger partial charge in [-0.15, -0.1) is 0 Å². The third-order valence-electron chi connectivity index (χ3n) is 4.47. The van der Waals surface area contributed by atoms with E-state index in [1.807, 2.05) is 0 Å². The molecule has 0 saturated carbocycles. The Morgan fingerprint density at radius 2 is 1.77 bits per heavy atom. The lowest BCUT2D eigenvalue weighted by atomic mass is 9.98. The van der Waals surface area contributed by atoms with E-state index in [1.165, 1.54) is 56.1 Å². The van der Waals surface area contributed by atoms with Gasteiger partial charge in [-0.2, -0.15) is 0 Å². The molecule has 1 fully saturated rings. The minimum atomic E-state index is 0.330. The summed E-state index contributed by atoms with van der Waals surface area (Å²) >= 11 is 0. The van der Waals surface area contributed by atoms with Gasteiger partial charge in [-0.25, -0.2) is 0 Å². The van der Waals surface area contributed by atoms with Crippen molar-refractivity contribution in [3.8, 4) is 5.75 Å². The summed E-state index contributed by atoms with van der Waals surface area (Å²) in [5.74, 6) is 1.08. The lowest BCUT2D eigenvalue weighted by Gasteiger charge is -2.14. The quantitative estimate of drug-likeness (QED) is 0.385. The monoisotopic (exact) mass is 304 g/mol. The van der Waals surface area contributed by atoms with Crippen LogP contribution in [0.15, 0.2) is 18.2 Å². The van der Waals surface area contributed by atoms with E-state index in [-0.39, 0.29) is 0 Å². The van der Waals surface area contributed by atoms with Crippen LogP contribution in [0.1, 0.15) is 69.9 Å². The van der Waals surface area contributed by atoms with Crippen LogP contribution in [0.2, 0.25) is 0 Å². The van der Waals surface area contributed by atoms with E-state index in [1.54, 1.807) is 0 Å². The van der Waals surface area contributed by atoms with Crippen molar-refractivity contribution in [2.75, 3.05) is 13.2 Å². The maximum atomic E-state index is 5.99. The SMILES string of the molecule is CCCCCCCCCc1c(CC)cccc1OCC1CO1. The van der Waals surface area contributed by atoms with Crippen molar-refractivity contribution in [1.82, 2.24) is 0 Å². The number of aryl methyl sites for hydroxylation is 1. The fourth-order valence-electron chi connectivity index (χ4n) is 2.97. The van der Waals surface area contributed by atoms with E-state index in [4.69, 9.17) is 9.47 Å². The van der Waals surface area contributed by atoms with Crippen LogP contribution >= 0.6 is 0 Å². The molecule has 1 aliphatic rings. The van der Waals surface area contributed by atoms with Gasteiger partial charge in [0.15, 0.2) is 0 Å². The number of hydrogen-bond acceptors (Lipinski definition) is 2. The second kappa shape index (κ2) is 9.89. The Kier molecular flexibility index (Phi) is 7.79. The Hall–Kier alpha value is -1.02. The van der Waals surface area contributed by atoms with Crippen molar-refractivity contribution in [3.05, 3.63) is 29.3 Å². The van der Waals surface area contributed by atoms with Crippen molar-refractivity contribution in [3.63, 3.8) is 0 Å². The van der Waals surface area contributed by atoms with Crippen LogP contribution in [0, 0.1) is 0 Å². The van der Waals surface area contributed by atoms with E-state index in [0.29, 0.717) is 12.7 Å². The van der Waals surface area contributed by atoms with E-state index in [0.717, 1.165) is 25.2 Å². The summed E-state index contributed by atoms with van der Waals surface area (Å²) in [5.41, 5.74) is 2.87. The van der Waals surface area contributed by atoms with Gasteiger partial charge >= 0.3 is 0 Å².